The van der Waals surface area contributed by atoms with Crippen LogP contribution in [0.4, 0.5) is 0 Å². The second kappa shape index (κ2) is 8.40. The van der Waals surface area contributed by atoms with E-state index in [4.69, 9.17) is 5.73 Å². The Morgan fingerprint density at radius 2 is 2.17 bits per heavy atom. The number of rotatable bonds is 5. The van der Waals surface area contributed by atoms with E-state index in [2.05, 4.69) is 30.4 Å². The van der Waals surface area contributed by atoms with Gasteiger partial charge in [-0.05, 0) is 37.3 Å². The van der Waals surface area contributed by atoms with E-state index >= 15 is 0 Å². The first kappa shape index (κ1) is 17.3. The summed E-state index contributed by atoms with van der Waals surface area (Å²) in [6, 6.07) is 6.17. The van der Waals surface area contributed by atoms with Gasteiger partial charge < -0.3 is 11.1 Å². The highest BCUT2D eigenvalue weighted by Gasteiger charge is 2.06. The van der Waals surface area contributed by atoms with Crippen LogP contribution >= 0.6 is 24.2 Å². The largest absolute Gasteiger partial charge is 0.352 e. The van der Waals surface area contributed by atoms with Crippen LogP contribution in [0.5, 0.6) is 0 Å². The minimum absolute atomic E-state index is 0. The van der Waals surface area contributed by atoms with Gasteiger partial charge in [0.05, 0.1) is 0 Å². The van der Waals surface area contributed by atoms with Gasteiger partial charge in [-0.1, -0.05) is 12.1 Å². The van der Waals surface area contributed by atoms with Crippen LogP contribution in [0, 0.1) is 6.92 Å². The fraction of sp³-hybridized carbons (Fsp3) is 0.462. The molecule has 1 aromatic rings. The first-order valence-electron chi connectivity index (χ1n) is 5.68. The second-order valence-electron chi connectivity index (χ2n) is 4.27. The number of aryl methyl sites for hydroxylation is 1. The first-order valence-corrected chi connectivity index (χ1v) is 6.91. The lowest BCUT2D eigenvalue weighted by atomic mass is 10.1. The monoisotopic (exact) mass is 288 g/mol. The van der Waals surface area contributed by atoms with Crippen molar-refractivity contribution in [1.82, 2.24) is 5.32 Å². The van der Waals surface area contributed by atoms with E-state index < -0.39 is 0 Å². The van der Waals surface area contributed by atoms with Gasteiger partial charge in [0.15, 0.2) is 0 Å². The summed E-state index contributed by atoms with van der Waals surface area (Å²) in [4.78, 5) is 12.7. The van der Waals surface area contributed by atoms with Crippen molar-refractivity contribution in [3.8, 4) is 0 Å². The fourth-order valence-electron chi connectivity index (χ4n) is 1.56. The molecule has 0 aliphatic carbocycles. The molecule has 3 N–H and O–H groups in total. The van der Waals surface area contributed by atoms with Crippen molar-refractivity contribution < 1.29 is 4.79 Å². The smallest absolute Gasteiger partial charge is 0.221 e. The number of hydrogen-bond donors (Lipinski definition) is 2. The van der Waals surface area contributed by atoms with Crippen molar-refractivity contribution in [2.75, 3.05) is 6.26 Å². The predicted octanol–water partition coefficient (Wildman–Crippen LogP) is 2.49. The highest BCUT2D eigenvalue weighted by atomic mass is 35.5. The number of carbonyl (C=O) groups is 1. The van der Waals surface area contributed by atoms with Crippen molar-refractivity contribution in [1.29, 1.82) is 0 Å². The van der Waals surface area contributed by atoms with Crippen LogP contribution in [0.15, 0.2) is 23.1 Å². The van der Waals surface area contributed by atoms with Crippen LogP contribution in [0.1, 0.15) is 24.5 Å². The Morgan fingerprint density at radius 3 is 2.72 bits per heavy atom. The number of benzene rings is 1. The molecule has 3 nitrogen and oxygen atoms in total. The van der Waals surface area contributed by atoms with Gasteiger partial charge in [-0.2, -0.15) is 0 Å². The van der Waals surface area contributed by atoms with E-state index in [1.807, 2.05) is 13.2 Å². The third kappa shape index (κ3) is 5.76. The van der Waals surface area contributed by atoms with Crippen molar-refractivity contribution >= 4 is 30.1 Å². The third-order valence-electron chi connectivity index (χ3n) is 2.43. The summed E-state index contributed by atoms with van der Waals surface area (Å²) in [7, 11) is 0. The predicted molar refractivity (Wildman–Crippen MR) is 80.3 cm³/mol. The summed E-state index contributed by atoms with van der Waals surface area (Å²) >= 11 is 1.70. The van der Waals surface area contributed by atoms with Crippen molar-refractivity contribution in [3.63, 3.8) is 0 Å². The molecule has 102 valence electrons. The summed E-state index contributed by atoms with van der Waals surface area (Å²) in [5.41, 5.74) is 7.96. The van der Waals surface area contributed by atoms with Gasteiger partial charge >= 0.3 is 0 Å². The lowest BCUT2D eigenvalue weighted by molar-refractivity contribution is -0.121. The van der Waals surface area contributed by atoms with Crippen LogP contribution in [-0.4, -0.2) is 18.2 Å². The highest BCUT2D eigenvalue weighted by Crippen LogP contribution is 2.21. The number of amides is 1. The summed E-state index contributed by atoms with van der Waals surface area (Å²) in [6.07, 6.45) is 2.42. The molecule has 0 aromatic heterocycles. The molecule has 0 aliphatic heterocycles. The Kier molecular flexibility index (Phi) is 8.07. The van der Waals surface area contributed by atoms with Gasteiger partial charge in [-0.25, -0.2) is 0 Å². The molecule has 18 heavy (non-hydrogen) atoms. The molecule has 1 atom stereocenters. The molecular weight excluding hydrogens is 268 g/mol. The lowest BCUT2D eigenvalue weighted by Gasteiger charge is -2.11. The van der Waals surface area contributed by atoms with Crippen LogP contribution in [0.25, 0.3) is 0 Å². The maximum Gasteiger partial charge on any atom is 0.221 e. The Labute approximate surface area is 119 Å². The van der Waals surface area contributed by atoms with Crippen molar-refractivity contribution in [2.45, 2.75) is 37.8 Å². The normalized spacial score (nSPS) is 11.6. The molecule has 5 heteroatoms. The second-order valence-corrected chi connectivity index (χ2v) is 5.12. The zero-order valence-corrected chi connectivity index (χ0v) is 12.7. The van der Waals surface area contributed by atoms with E-state index in [0.717, 1.165) is 5.56 Å². The minimum Gasteiger partial charge on any atom is -0.352 e. The van der Waals surface area contributed by atoms with Gasteiger partial charge in [0.2, 0.25) is 5.91 Å². The number of hydrogen-bond acceptors (Lipinski definition) is 3. The molecule has 1 amide bonds. The van der Waals surface area contributed by atoms with Crippen LogP contribution in [0.3, 0.4) is 0 Å². The third-order valence-corrected chi connectivity index (χ3v) is 3.25. The molecule has 0 saturated heterocycles. The SMILES string of the molecule is CSc1cc(C)ccc1CNC(=O)CC(C)N.Cl. The van der Waals surface area contributed by atoms with Gasteiger partial charge in [0.25, 0.3) is 0 Å². The average Bonchev–Trinajstić information content (AvgIpc) is 2.26. The van der Waals surface area contributed by atoms with E-state index in [1.165, 1.54) is 10.5 Å². The molecule has 0 saturated carbocycles. The number of nitrogens with two attached hydrogens (primary N) is 1. The Bertz CT molecular complexity index is 397. The molecule has 0 radical (unpaired) electrons. The quantitative estimate of drug-likeness (QED) is 0.819. The summed E-state index contributed by atoms with van der Waals surface area (Å²) in [6.45, 7) is 4.47. The zero-order chi connectivity index (χ0) is 12.8. The molecule has 1 aromatic carbocycles. The maximum absolute atomic E-state index is 11.5. The van der Waals surface area contributed by atoms with Gasteiger partial charge in [-0.3, -0.25) is 4.79 Å². The molecule has 0 spiro atoms. The number of thioether (sulfide) groups is 1. The van der Waals surface area contributed by atoms with Gasteiger partial charge in [0, 0.05) is 23.9 Å². The molecule has 0 heterocycles. The molecule has 1 rings (SSSR count). The number of carbonyl (C=O) groups excluding carboxylic acids is 1. The fourth-order valence-corrected chi connectivity index (χ4v) is 2.26. The van der Waals surface area contributed by atoms with E-state index in [0.29, 0.717) is 13.0 Å². The summed E-state index contributed by atoms with van der Waals surface area (Å²) < 4.78 is 0. The van der Waals surface area contributed by atoms with Crippen LogP contribution in [-0.2, 0) is 11.3 Å². The molecule has 0 aliphatic rings. The van der Waals surface area contributed by atoms with E-state index in [1.54, 1.807) is 11.8 Å². The minimum atomic E-state index is -0.0898. The van der Waals surface area contributed by atoms with Gasteiger partial charge in [-0.15, -0.1) is 24.2 Å². The summed E-state index contributed by atoms with van der Waals surface area (Å²) in [5, 5.41) is 2.89. The summed E-state index contributed by atoms with van der Waals surface area (Å²) in [5.74, 6) is 0.00706. The van der Waals surface area contributed by atoms with E-state index in [-0.39, 0.29) is 24.4 Å². The van der Waals surface area contributed by atoms with Crippen molar-refractivity contribution in [2.24, 2.45) is 5.73 Å². The first-order chi connectivity index (χ1) is 8.02. The number of halogens is 1. The average molecular weight is 289 g/mol. The zero-order valence-electron chi connectivity index (χ0n) is 11.0. The number of nitrogens with one attached hydrogen (secondary N) is 1. The van der Waals surface area contributed by atoms with E-state index in [9.17, 15) is 4.79 Å². The Balaban J connectivity index is 0.00000289. The standard InChI is InChI=1S/C13H20N2OS.ClH/c1-9-4-5-11(12(6-9)17-3)8-15-13(16)7-10(2)14;/h4-6,10H,7-8,14H2,1-3H3,(H,15,16);1H. The molecule has 1 unspecified atom stereocenters. The Morgan fingerprint density at radius 1 is 1.50 bits per heavy atom. The van der Waals surface area contributed by atoms with Crippen LogP contribution < -0.4 is 11.1 Å². The molecular formula is C13H21ClN2OS. The lowest BCUT2D eigenvalue weighted by Crippen LogP contribution is -2.29. The maximum atomic E-state index is 11.5. The van der Waals surface area contributed by atoms with Crippen LogP contribution in [0.2, 0.25) is 0 Å². The van der Waals surface area contributed by atoms with Gasteiger partial charge in [0.1, 0.15) is 0 Å². The highest BCUT2D eigenvalue weighted by molar-refractivity contribution is 7.98. The topological polar surface area (TPSA) is 55.1 Å². The van der Waals surface area contributed by atoms with Crippen molar-refractivity contribution in [3.05, 3.63) is 29.3 Å². The molecule has 0 fully saturated rings. The molecule has 0 bridgehead atoms. The Hall–Kier alpha value is -0.710.